The maximum Gasteiger partial charge on any atom is 0.163 e. The third-order valence-corrected chi connectivity index (χ3v) is 6.27. The summed E-state index contributed by atoms with van der Waals surface area (Å²) in [5.74, 6) is 0.425. The van der Waals surface area contributed by atoms with Gasteiger partial charge in [0.1, 0.15) is 0 Å². The topological polar surface area (TPSA) is 41.1 Å². The van der Waals surface area contributed by atoms with Crippen LogP contribution in [-0.2, 0) is 4.79 Å². The normalized spacial score (nSPS) is 20.5. The molecule has 0 unspecified atom stereocenters. The lowest BCUT2D eigenvalue weighted by molar-refractivity contribution is -0.116. The van der Waals surface area contributed by atoms with Gasteiger partial charge < -0.3 is 10.6 Å². The molecule has 0 bridgehead atoms. The smallest absolute Gasteiger partial charge is 0.163 e. The van der Waals surface area contributed by atoms with Crippen molar-refractivity contribution in [2.24, 2.45) is 0 Å². The molecule has 1 heterocycles. The Morgan fingerprint density at radius 3 is 2.00 bits per heavy atom. The van der Waals surface area contributed by atoms with E-state index in [0.717, 1.165) is 34.6 Å². The molecule has 3 nitrogen and oxygen atoms in total. The molecule has 5 rings (SSSR count). The second kappa shape index (κ2) is 7.49. The van der Waals surface area contributed by atoms with Gasteiger partial charge in [-0.3, -0.25) is 4.79 Å². The van der Waals surface area contributed by atoms with Crippen LogP contribution in [0.5, 0.6) is 0 Å². The zero-order valence-corrected chi connectivity index (χ0v) is 17.4. The van der Waals surface area contributed by atoms with Crippen molar-refractivity contribution in [1.29, 1.82) is 0 Å². The lowest BCUT2D eigenvalue weighted by atomic mass is 9.78. The SMILES string of the molecule is Cc1ccc([C@@H]2CC(=O)C3=C(C2)Nc2ccccc2N[C@@H]3c2ccc(C)cc2)cc1. The van der Waals surface area contributed by atoms with E-state index < -0.39 is 0 Å². The van der Waals surface area contributed by atoms with Crippen molar-refractivity contribution < 1.29 is 4.79 Å². The summed E-state index contributed by atoms with van der Waals surface area (Å²) in [5.41, 5.74) is 8.78. The van der Waals surface area contributed by atoms with Gasteiger partial charge in [-0.05, 0) is 49.4 Å². The van der Waals surface area contributed by atoms with Crippen LogP contribution >= 0.6 is 0 Å². The summed E-state index contributed by atoms with van der Waals surface area (Å²) in [6.07, 6.45) is 1.38. The van der Waals surface area contributed by atoms with Gasteiger partial charge in [0.15, 0.2) is 5.78 Å². The molecule has 0 saturated heterocycles. The molecule has 0 fully saturated rings. The van der Waals surface area contributed by atoms with Gasteiger partial charge in [0, 0.05) is 17.7 Å². The molecule has 30 heavy (non-hydrogen) atoms. The number of carbonyl (C=O) groups is 1. The number of carbonyl (C=O) groups excluding carboxylic acids is 1. The fourth-order valence-corrected chi connectivity index (χ4v) is 4.58. The first kappa shape index (κ1) is 18.7. The Kier molecular flexibility index (Phi) is 4.66. The lowest BCUT2D eigenvalue weighted by Gasteiger charge is -2.30. The molecule has 0 aromatic heterocycles. The maximum atomic E-state index is 13.5. The fraction of sp³-hybridized carbons (Fsp3) is 0.222. The van der Waals surface area contributed by atoms with Crippen molar-refractivity contribution in [3.8, 4) is 0 Å². The molecule has 3 aromatic carbocycles. The lowest BCUT2D eigenvalue weighted by Crippen LogP contribution is -2.26. The first-order valence-electron chi connectivity index (χ1n) is 10.6. The van der Waals surface area contributed by atoms with Gasteiger partial charge >= 0.3 is 0 Å². The number of aryl methyl sites for hydroxylation is 2. The molecule has 2 N–H and O–H groups in total. The summed E-state index contributed by atoms with van der Waals surface area (Å²) in [6.45, 7) is 4.18. The van der Waals surface area contributed by atoms with E-state index in [1.165, 1.54) is 16.7 Å². The van der Waals surface area contributed by atoms with Gasteiger partial charge in [0.2, 0.25) is 0 Å². The Labute approximate surface area is 177 Å². The van der Waals surface area contributed by atoms with Crippen LogP contribution in [0.2, 0.25) is 0 Å². The molecule has 3 heteroatoms. The monoisotopic (exact) mass is 394 g/mol. The van der Waals surface area contributed by atoms with Gasteiger partial charge in [-0.1, -0.05) is 71.8 Å². The summed E-state index contributed by atoms with van der Waals surface area (Å²) < 4.78 is 0. The standard InChI is InChI=1S/C27H26N2O/c1-17-7-11-19(12-8-17)21-15-24-26(25(30)16-21)27(20-13-9-18(2)10-14-20)29-23-6-4-3-5-22(23)28-24/h3-14,21,27-29H,15-16H2,1-2H3/t21-,27+/m0/s1. The highest BCUT2D eigenvalue weighted by Gasteiger charge is 2.35. The fourth-order valence-electron chi connectivity index (χ4n) is 4.58. The first-order chi connectivity index (χ1) is 14.6. The Bertz CT molecular complexity index is 1130. The third kappa shape index (κ3) is 3.41. The Morgan fingerprint density at radius 1 is 0.733 bits per heavy atom. The largest absolute Gasteiger partial charge is 0.372 e. The number of para-hydroxylation sites is 2. The number of benzene rings is 3. The number of allylic oxidation sites excluding steroid dienone is 1. The minimum Gasteiger partial charge on any atom is -0.372 e. The molecule has 2 aliphatic rings. The van der Waals surface area contributed by atoms with E-state index in [4.69, 9.17) is 0 Å². The van der Waals surface area contributed by atoms with Crippen LogP contribution < -0.4 is 10.6 Å². The molecule has 0 spiro atoms. The van der Waals surface area contributed by atoms with Gasteiger partial charge in [0.25, 0.3) is 0 Å². The minimum atomic E-state index is -0.150. The summed E-state index contributed by atoms with van der Waals surface area (Å²) in [5, 5.41) is 7.26. The second-order valence-electron chi connectivity index (χ2n) is 8.49. The van der Waals surface area contributed by atoms with E-state index in [0.29, 0.717) is 6.42 Å². The Morgan fingerprint density at radius 2 is 1.33 bits per heavy atom. The van der Waals surface area contributed by atoms with Crippen LogP contribution in [-0.4, -0.2) is 5.78 Å². The maximum absolute atomic E-state index is 13.5. The summed E-state index contributed by atoms with van der Waals surface area (Å²) in [7, 11) is 0. The number of hydrogen-bond donors (Lipinski definition) is 2. The Hall–Kier alpha value is -3.33. The zero-order chi connectivity index (χ0) is 20.7. The predicted molar refractivity (Wildman–Crippen MR) is 123 cm³/mol. The molecule has 0 radical (unpaired) electrons. The van der Waals surface area contributed by atoms with Gasteiger partial charge in [-0.2, -0.15) is 0 Å². The molecular formula is C27H26N2O. The number of hydrogen-bond acceptors (Lipinski definition) is 3. The number of nitrogens with one attached hydrogen (secondary N) is 2. The number of Topliss-reactive ketones (excluding diaryl/α,β-unsaturated/α-hetero) is 1. The quantitative estimate of drug-likeness (QED) is 0.537. The highest BCUT2D eigenvalue weighted by Crippen LogP contribution is 2.44. The molecule has 3 aromatic rings. The van der Waals surface area contributed by atoms with Crippen LogP contribution in [0.1, 0.15) is 47.1 Å². The average molecular weight is 395 g/mol. The Balaban J connectivity index is 1.60. The molecule has 1 aliphatic heterocycles. The van der Waals surface area contributed by atoms with Crippen LogP contribution in [0.3, 0.4) is 0 Å². The molecular weight excluding hydrogens is 368 g/mol. The van der Waals surface area contributed by atoms with E-state index in [2.05, 4.69) is 85.1 Å². The highest BCUT2D eigenvalue weighted by atomic mass is 16.1. The van der Waals surface area contributed by atoms with Crippen molar-refractivity contribution in [2.75, 3.05) is 10.6 Å². The number of anilines is 2. The van der Waals surface area contributed by atoms with Crippen molar-refractivity contribution in [3.05, 3.63) is 106 Å². The van der Waals surface area contributed by atoms with Gasteiger partial charge in [-0.15, -0.1) is 0 Å². The van der Waals surface area contributed by atoms with Crippen LogP contribution in [0, 0.1) is 13.8 Å². The molecule has 1 aliphatic carbocycles. The molecule has 2 atom stereocenters. The summed E-state index contributed by atoms with van der Waals surface area (Å²) >= 11 is 0. The van der Waals surface area contributed by atoms with Crippen molar-refractivity contribution >= 4 is 17.2 Å². The van der Waals surface area contributed by atoms with Crippen molar-refractivity contribution in [1.82, 2.24) is 0 Å². The van der Waals surface area contributed by atoms with Gasteiger partial charge in [0.05, 0.1) is 17.4 Å². The van der Waals surface area contributed by atoms with E-state index >= 15 is 0 Å². The second-order valence-corrected chi connectivity index (χ2v) is 8.49. The van der Waals surface area contributed by atoms with E-state index in [9.17, 15) is 4.79 Å². The van der Waals surface area contributed by atoms with Crippen LogP contribution in [0.4, 0.5) is 11.4 Å². The van der Waals surface area contributed by atoms with E-state index in [1.807, 2.05) is 12.1 Å². The van der Waals surface area contributed by atoms with Crippen molar-refractivity contribution in [2.45, 2.75) is 38.6 Å². The summed E-state index contributed by atoms with van der Waals surface area (Å²) in [4.78, 5) is 13.5. The molecule has 150 valence electrons. The first-order valence-corrected chi connectivity index (χ1v) is 10.6. The van der Waals surface area contributed by atoms with E-state index in [-0.39, 0.29) is 17.7 Å². The minimum absolute atomic E-state index is 0.150. The zero-order valence-electron chi connectivity index (χ0n) is 17.4. The average Bonchev–Trinajstić information content (AvgIpc) is 2.91. The van der Waals surface area contributed by atoms with Crippen LogP contribution in [0.25, 0.3) is 0 Å². The van der Waals surface area contributed by atoms with Crippen LogP contribution in [0.15, 0.2) is 84.1 Å². The van der Waals surface area contributed by atoms with E-state index in [1.54, 1.807) is 0 Å². The van der Waals surface area contributed by atoms with Gasteiger partial charge in [-0.25, -0.2) is 0 Å². The number of ketones is 1. The number of fused-ring (bicyclic) bond motifs is 1. The predicted octanol–water partition coefficient (Wildman–Crippen LogP) is 6.28. The third-order valence-electron chi connectivity index (χ3n) is 6.27. The molecule has 0 saturated carbocycles. The highest BCUT2D eigenvalue weighted by molar-refractivity contribution is 6.01. The number of rotatable bonds is 2. The van der Waals surface area contributed by atoms with Crippen molar-refractivity contribution in [3.63, 3.8) is 0 Å². The summed E-state index contributed by atoms with van der Waals surface area (Å²) in [6, 6.07) is 25.1. The molecule has 0 amide bonds.